The van der Waals surface area contributed by atoms with Crippen LogP contribution in [0.1, 0.15) is 28.7 Å². The van der Waals surface area contributed by atoms with Crippen LogP contribution in [0.3, 0.4) is 0 Å². The lowest BCUT2D eigenvalue weighted by Crippen LogP contribution is -2.28. The van der Waals surface area contributed by atoms with Gasteiger partial charge in [-0.2, -0.15) is 0 Å². The quantitative estimate of drug-likeness (QED) is 0.890. The molecule has 1 aromatic carbocycles. The highest BCUT2D eigenvalue weighted by atomic mass is 16.3. The zero-order chi connectivity index (χ0) is 16.3. The molecule has 2 rings (SSSR count). The van der Waals surface area contributed by atoms with Crippen LogP contribution in [-0.2, 0) is 13.1 Å². The molecule has 118 valence electrons. The summed E-state index contributed by atoms with van der Waals surface area (Å²) >= 11 is 0. The van der Waals surface area contributed by atoms with Crippen molar-refractivity contribution in [2.24, 2.45) is 5.73 Å². The molecule has 2 aromatic rings. The van der Waals surface area contributed by atoms with Gasteiger partial charge < -0.3 is 15.4 Å². The van der Waals surface area contributed by atoms with E-state index in [-0.39, 0.29) is 18.7 Å². The number of aryl methyl sites for hydroxylation is 3. The van der Waals surface area contributed by atoms with Crippen LogP contribution in [0.15, 0.2) is 29.1 Å². The molecule has 0 fully saturated rings. The van der Waals surface area contributed by atoms with E-state index in [1.165, 1.54) is 0 Å². The van der Waals surface area contributed by atoms with Gasteiger partial charge in [-0.05, 0) is 50.5 Å². The zero-order valence-electron chi connectivity index (χ0n) is 13.5. The van der Waals surface area contributed by atoms with Gasteiger partial charge >= 0.3 is 0 Å². The van der Waals surface area contributed by atoms with Gasteiger partial charge in [0.2, 0.25) is 0 Å². The summed E-state index contributed by atoms with van der Waals surface area (Å²) in [4.78, 5) is 12.7. The van der Waals surface area contributed by atoms with Gasteiger partial charge in [0, 0.05) is 30.8 Å². The van der Waals surface area contributed by atoms with Crippen molar-refractivity contribution in [2.75, 3.05) is 6.61 Å². The molecule has 0 saturated heterocycles. The van der Waals surface area contributed by atoms with E-state index < -0.39 is 0 Å². The number of aliphatic hydroxyl groups is 1. The van der Waals surface area contributed by atoms with Gasteiger partial charge in [0.15, 0.2) is 0 Å². The van der Waals surface area contributed by atoms with Crippen molar-refractivity contribution in [3.05, 3.63) is 56.9 Å². The second kappa shape index (κ2) is 6.90. The minimum Gasteiger partial charge on any atom is -0.396 e. The number of rotatable bonds is 5. The molecule has 0 amide bonds. The summed E-state index contributed by atoms with van der Waals surface area (Å²) in [6.07, 6.45) is 0.546. The molecular weight excluding hydrogens is 276 g/mol. The van der Waals surface area contributed by atoms with E-state index in [0.717, 1.165) is 27.9 Å². The molecule has 0 radical (unpaired) electrons. The summed E-state index contributed by atoms with van der Waals surface area (Å²) in [6.45, 7) is 6.79. The van der Waals surface area contributed by atoms with Crippen LogP contribution in [0, 0.1) is 20.8 Å². The Morgan fingerprint density at radius 2 is 1.86 bits per heavy atom. The molecule has 22 heavy (non-hydrogen) atoms. The van der Waals surface area contributed by atoms with Crippen LogP contribution in [-0.4, -0.2) is 16.3 Å². The molecule has 1 heterocycles. The minimum atomic E-state index is -0.0492. The first-order valence-electron chi connectivity index (χ1n) is 7.61. The lowest BCUT2D eigenvalue weighted by Gasteiger charge is -2.18. The molecule has 0 atom stereocenters. The molecule has 1 aromatic heterocycles. The Bertz CT molecular complexity index is 733. The lowest BCUT2D eigenvalue weighted by molar-refractivity contribution is 0.279. The van der Waals surface area contributed by atoms with E-state index in [0.29, 0.717) is 18.5 Å². The van der Waals surface area contributed by atoms with Gasteiger partial charge in [-0.3, -0.25) is 4.79 Å². The average Bonchev–Trinajstić information content (AvgIpc) is 2.49. The van der Waals surface area contributed by atoms with E-state index in [1.54, 1.807) is 4.57 Å². The van der Waals surface area contributed by atoms with Crippen molar-refractivity contribution in [3.8, 4) is 11.3 Å². The first-order chi connectivity index (χ1) is 10.5. The van der Waals surface area contributed by atoms with Crippen molar-refractivity contribution in [1.82, 2.24) is 4.57 Å². The van der Waals surface area contributed by atoms with E-state index in [4.69, 9.17) is 10.8 Å². The third-order valence-corrected chi connectivity index (χ3v) is 4.04. The number of hydrogen-bond acceptors (Lipinski definition) is 3. The Labute approximate surface area is 131 Å². The number of benzene rings is 1. The molecule has 3 N–H and O–H groups in total. The second-order valence-electron chi connectivity index (χ2n) is 5.75. The maximum absolute atomic E-state index is 12.7. The first kappa shape index (κ1) is 16.5. The Hall–Kier alpha value is -1.91. The van der Waals surface area contributed by atoms with Crippen molar-refractivity contribution >= 4 is 0 Å². The summed E-state index contributed by atoms with van der Waals surface area (Å²) in [5.41, 5.74) is 11.5. The molecule has 4 nitrogen and oxygen atoms in total. The van der Waals surface area contributed by atoms with Crippen molar-refractivity contribution in [2.45, 2.75) is 40.3 Å². The largest absolute Gasteiger partial charge is 0.396 e. The predicted octanol–water partition coefficient (Wildman–Crippen LogP) is 2.28. The number of nitrogens with zero attached hydrogens (tertiary/aromatic N) is 1. The van der Waals surface area contributed by atoms with Crippen molar-refractivity contribution in [1.29, 1.82) is 0 Å². The first-order valence-corrected chi connectivity index (χ1v) is 7.61. The Morgan fingerprint density at radius 3 is 2.50 bits per heavy atom. The SMILES string of the molecule is Cc1ccc(C)c(-c2cc(C)c(CN)c(=O)n2CCCO)c1. The van der Waals surface area contributed by atoms with Gasteiger partial charge in [-0.1, -0.05) is 17.7 Å². The predicted molar refractivity (Wildman–Crippen MR) is 89.9 cm³/mol. The molecule has 0 aliphatic rings. The number of nitrogens with two attached hydrogens (primary N) is 1. The third-order valence-electron chi connectivity index (χ3n) is 4.04. The van der Waals surface area contributed by atoms with Crippen molar-refractivity contribution in [3.63, 3.8) is 0 Å². The minimum absolute atomic E-state index is 0.0492. The number of hydrogen-bond donors (Lipinski definition) is 2. The third kappa shape index (κ3) is 3.13. The molecule has 0 unspecified atom stereocenters. The Balaban J connectivity index is 2.73. The molecule has 0 saturated carbocycles. The summed E-state index contributed by atoms with van der Waals surface area (Å²) in [5, 5.41) is 9.12. The van der Waals surface area contributed by atoms with Crippen LogP contribution in [0.5, 0.6) is 0 Å². The van der Waals surface area contributed by atoms with E-state index in [1.807, 2.05) is 26.8 Å². The fourth-order valence-electron chi connectivity index (χ4n) is 2.75. The standard InChI is InChI=1S/C18H24N2O2/c1-12-5-6-13(2)15(9-12)17-10-14(3)16(11-19)18(22)20(17)7-4-8-21/h5-6,9-10,21H,4,7-8,11,19H2,1-3H3. The monoisotopic (exact) mass is 300 g/mol. The average molecular weight is 300 g/mol. The summed E-state index contributed by atoms with van der Waals surface area (Å²) in [5.74, 6) is 0. The van der Waals surface area contributed by atoms with E-state index in [2.05, 4.69) is 18.2 Å². The molecule has 0 aliphatic heterocycles. The van der Waals surface area contributed by atoms with Gasteiger partial charge in [0.05, 0.1) is 5.69 Å². The van der Waals surface area contributed by atoms with Gasteiger partial charge in [0.1, 0.15) is 0 Å². The Kier molecular flexibility index (Phi) is 5.16. The molecule has 0 aliphatic carbocycles. The van der Waals surface area contributed by atoms with E-state index in [9.17, 15) is 4.79 Å². The maximum atomic E-state index is 12.7. The van der Waals surface area contributed by atoms with E-state index >= 15 is 0 Å². The highest BCUT2D eigenvalue weighted by Crippen LogP contribution is 2.25. The highest BCUT2D eigenvalue weighted by Gasteiger charge is 2.14. The van der Waals surface area contributed by atoms with Crippen LogP contribution >= 0.6 is 0 Å². The summed E-state index contributed by atoms with van der Waals surface area (Å²) < 4.78 is 1.74. The van der Waals surface area contributed by atoms with Crippen LogP contribution in [0.4, 0.5) is 0 Å². The summed E-state index contributed by atoms with van der Waals surface area (Å²) in [6, 6.07) is 8.26. The number of aromatic nitrogens is 1. The second-order valence-corrected chi connectivity index (χ2v) is 5.75. The molecule has 4 heteroatoms. The normalized spacial score (nSPS) is 11.0. The molecular formula is C18H24N2O2. The molecule has 0 bridgehead atoms. The molecule has 0 spiro atoms. The summed E-state index contributed by atoms with van der Waals surface area (Å²) in [7, 11) is 0. The fourth-order valence-corrected chi connectivity index (χ4v) is 2.75. The Morgan fingerprint density at radius 1 is 1.14 bits per heavy atom. The highest BCUT2D eigenvalue weighted by molar-refractivity contribution is 5.66. The number of aliphatic hydroxyl groups excluding tert-OH is 1. The van der Waals surface area contributed by atoms with Gasteiger partial charge in [0.25, 0.3) is 5.56 Å². The maximum Gasteiger partial charge on any atom is 0.255 e. The smallest absolute Gasteiger partial charge is 0.255 e. The lowest BCUT2D eigenvalue weighted by atomic mass is 9.99. The fraction of sp³-hybridized carbons (Fsp3) is 0.389. The van der Waals surface area contributed by atoms with Crippen LogP contribution < -0.4 is 11.3 Å². The topological polar surface area (TPSA) is 68.2 Å². The van der Waals surface area contributed by atoms with Gasteiger partial charge in [-0.15, -0.1) is 0 Å². The van der Waals surface area contributed by atoms with Crippen LogP contribution in [0.2, 0.25) is 0 Å². The van der Waals surface area contributed by atoms with Gasteiger partial charge in [-0.25, -0.2) is 0 Å². The zero-order valence-corrected chi connectivity index (χ0v) is 13.5. The van der Waals surface area contributed by atoms with Crippen LogP contribution in [0.25, 0.3) is 11.3 Å². The number of pyridine rings is 1. The van der Waals surface area contributed by atoms with Crippen molar-refractivity contribution < 1.29 is 5.11 Å².